The molecule has 22 heavy (non-hydrogen) atoms. The van der Waals surface area contributed by atoms with Crippen LogP contribution in [0, 0.1) is 0 Å². The zero-order chi connectivity index (χ0) is 16.3. The predicted molar refractivity (Wildman–Crippen MR) is 82.1 cm³/mol. The van der Waals surface area contributed by atoms with Crippen molar-refractivity contribution >= 4 is 39.1 Å². The molecule has 0 spiro atoms. The Bertz CT molecular complexity index is 758. The largest absolute Gasteiger partial charge is 0.484 e. The van der Waals surface area contributed by atoms with E-state index in [4.69, 9.17) is 9.47 Å². The molecule has 1 aliphatic rings. The number of carbonyl (C=O) groups is 1. The Kier molecular flexibility index (Phi) is 4.93. The maximum Gasteiger partial charge on any atom is 0.383 e. The summed E-state index contributed by atoms with van der Waals surface area (Å²) in [6, 6.07) is 4.81. The van der Waals surface area contributed by atoms with Gasteiger partial charge >= 0.3 is 24.0 Å². The number of esters is 1. The number of hydrogen-bond donors (Lipinski definition) is 0. The molecule has 0 N–H and O–H groups in total. The fraction of sp³-hybridized carbons (Fsp3) is 0.200. The number of allylic oxidation sites excluding steroid dienone is 2. The van der Waals surface area contributed by atoms with Crippen molar-refractivity contribution in [3.8, 4) is 0 Å². The van der Waals surface area contributed by atoms with Crippen LogP contribution in [-0.4, -0.2) is 38.2 Å². The number of rotatable bonds is 4. The SMILES string of the molecule is COC(=O)c1ccc(Br)cc1C1=CC(C(F)F)=[N+]=C=C1OC. The molecule has 1 aliphatic heterocycles. The first-order valence-corrected chi connectivity index (χ1v) is 6.90. The Morgan fingerprint density at radius 3 is 2.68 bits per heavy atom. The second-order valence-corrected chi connectivity index (χ2v) is 5.14. The molecule has 0 unspecified atom stereocenters. The maximum atomic E-state index is 12.9. The van der Waals surface area contributed by atoms with Crippen molar-refractivity contribution in [3.05, 3.63) is 45.6 Å². The van der Waals surface area contributed by atoms with E-state index in [1.54, 1.807) is 12.1 Å². The second-order valence-electron chi connectivity index (χ2n) is 4.22. The Morgan fingerprint density at radius 1 is 1.36 bits per heavy atom. The van der Waals surface area contributed by atoms with Gasteiger partial charge in [-0.2, -0.15) is 8.78 Å². The molecule has 114 valence electrons. The molecule has 0 aliphatic carbocycles. The topological polar surface area (TPSA) is 49.6 Å². The van der Waals surface area contributed by atoms with Crippen LogP contribution in [0.1, 0.15) is 15.9 Å². The van der Waals surface area contributed by atoms with Crippen LogP contribution in [0.25, 0.3) is 5.57 Å². The lowest BCUT2D eigenvalue weighted by Crippen LogP contribution is -2.16. The molecule has 0 aromatic heterocycles. The van der Waals surface area contributed by atoms with Crippen molar-refractivity contribution in [1.29, 1.82) is 0 Å². The van der Waals surface area contributed by atoms with E-state index in [2.05, 4.69) is 26.5 Å². The molecule has 0 saturated heterocycles. The highest BCUT2D eigenvalue weighted by Crippen LogP contribution is 2.29. The van der Waals surface area contributed by atoms with Crippen molar-refractivity contribution in [2.75, 3.05) is 14.2 Å². The summed E-state index contributed by atoms with van der Waals surface area (Å²) in [5, 5.41) is 0. The summed E-state index contributed by atoms with van der Waals surface area (Å²) in [5.74, 6) is 2.00. The van der Waals surface area contributed by atoms with Crippen molar-refractivity contribution < 1.29 is 23.0 Å². The quantitative estimate of drug-likeness (QED) is 0.604. The smallest absolute Gasteiger partial charge is 0.383 e. The average molecular weight is 371 g/mol. The third-order valence-corrected chi connectivity index (χ3v) is 3.42. The van der Waals surface area contributed by atoms with Crippen molar-refractivity contribution in [3.63, 3.8) is 0 Å². The van der Waals surface area contributed by atoms with Crippen molar-refractivity contribution in [1.82, 2.24) is 4.67 Å². The van der Waals surface area contributed by atoms with E-state index in [0.29, 0.717) is 10.0 Å². The molecule has 1 aromatic rings. The summed E-state index contributed by atoms with van der Waals surface area (Å²) in [7, 11) is 2.61. The first kappa shape index (κ1) is 16.2. The maximum absolute atomic E-state index is 12.9. The van der Waals surface area contributed by atoms with Gasteiger partial charge in [-0.1, -0.05) is 15.9 Å². The van der Waals surface area contributed by atoms with Gasteiger partial charge in [0.25, 0.3) is 5.76 Å². The van der Waals surface area contributed by atoms with Gasteiger partial charge in [-0.3, -0.25) is 0 Å². The summed E-state index contributed by atoms with van der Waals surface area (Å²) in [5.41, 5.74) is 0.448. The highest BCUT2D eigenvalue weighted by Gasteiger charge is 2.29. The van der Waals surface area contributed by atoms with E-state index in [0.717, 1.165) is 0 Å². The summed E-state index contributed by atoms with van der Waals surface area (Å²) in [6.45, 7) is 0. The third kappa shape index (κ3) is 3.17. The fourth-order valence-corrected chi connectivity index (χ4v) is 2.28. The van der Waals surface area contributed by atoms with Gasteiger partial charge in [0.05, 0.1) is 19.8 Å². The van der Waals surface area contributed by atoms with Crippen molar-refractivity contribution in [2.45, 2.75) is 6.43 Å². The molecule has 0 amide bonds. The Labute approximate surface area is 133 Å². The van der Waals surface area contributed by atoms with Crippen LogP contribution in [0.15, 0.2) is 34.5 Å². The van der Waals surface area contributed by atoms with Crippen molar-refractivity contribution in [2.24, 2.45) is 0 Å². The fourth-order valence-electron chi connectivity index (χ4n) is 1.92. The summed E-state index contributed by atoms with van der Waals surface area (Å²) < 4.78 is 39.8. The number of halogens is 3. The molecule has 7 heteroatoms. The molecular weight excluding hydrogens is 360 g/mol. The number of nitrogens with zero attached hydrogens (tertiary/aromatic N) is 1. The van der Waals surface area contributed by atoms with Crippen LogP contribution in [-0.2, 0) is 9.47 Å². The zero-order valence-corrected chi connectivity index (χ0v) is 13.3. The van der Waals surface area contributed by atoms with E-state index in [-0.39, 0.29) is 16.9 Å². The van der Waals surface area contributed by atoms with Gasteiger partial charge in [-0.05, 0) is 22.9 Å². The zero-order valence-electron chi connectivity index (χ0n) is 11.7. The van der Waals surface area contributed by atoms with Gasteiger partial charge in [-0.25, -0.2) is 4.79 Å². The van der Waals surface area contributed by atoms with Gasteiger partial charge in [0.2, 0.25) is 0 Å². The minimum Gasteiger partial charge on any atom is -0.484 e. The Hall–Kier alpha value is -2.20. The predicted octanol–water partition coefficient (Wildman–Crippen LogP) is 2.61. The molecule has 1 aromatic carbocycles. The minimum absolute atomic E-state index is 0.160. The molecule has 0 atom stereocenters. The number of ether oxygens (including phenoxy) is 2. The second kappa shape index (κ2) is 6.71. The molecular formula is C15H11BrF2NO3+. The standard InChI is InChI=1S/C15H11BrF2NO3/c1-21-13-7-19-12(14(17)18)6-11(13)10-5-8(16)3-4-9(10)15(20)22-2/h3-6,14H,1-2H3/q+1. The first-order chi connectivity index (χ1) is 10.5. The van der Waals surface area contributed by atoms with Crippen LogP contribution in [0.2, 0.25) is 0 Å². The van der Waals surface area contributed by atoms with E-state index in [1.165, 1.54) is 26.4 Å². The lowest BCUT2D eigenvalue weighted by Gasteiger charge is -2.12. The van der Waals surface area contributed by atoms with Gasteiger partial charge in [0.1, 0.15) is 0 Å². The van der Waals surface area contributed by atoms with E-state index >= 15 is 0 Å². The molecule has 0 saturated carbocycles. The average Bonchev–Trinajstić information content (AvgIpc) is 2.53. The number of hydrogen-bond acceptors (Lipinski definition) is 3. The Balaban J connectivity index is 2.66. The number of carbonyl (C=O) groups excluding carboxylic acids is 1. The molecule has 0 radical (unpaired) electrons. The number of methoxy groups -OCH3 is 2. The normalized spacial score (nSPS) is 13.5. The lowest BCUT2D eigenvalue weighted by atomic mass is 9.96. The van der Waals surface area contributed by atoms with Crippen LogP contribution < -0.4 is 4.67 Å². The van der Waals surface area contributed by atoms with E-state index < -0.39 is 18.1 Å². The minimum atomic E-state index is -2.75. The molecule has 2 rings (SSSR count). The van der Waals surface area contributed by atoms with Gasteiger partial charge < -0.3 is 9.47 Å². The number of benzene rings is 1. The van der Waals surface area contributed by atoms with Crippen LogP contribution in [0.3, 0.4) is 0 Å². The Morgan fingerprint density at radius 2 is 2.09 bits per heavy atom. The monoisotopic (exact) mass is 370 g/mol. The van der Waals surface area contributed by atoms with Crippen LogP contribution in [0.4, 0.5) is 8.78 Å². The molecule has 1 heterocycles. The van der Waals surface area contributed by atoms with E-state index in [1.807, 2.05) is 0 Å². The molecule has 0 fully saturated rings. The lowest BCUT2D eigenvalue weighted by molar-refractivity contribution is 0.0600. The van der Waals surface area contributed by atoms with Gasteiger partial charge in [0.15, 0.2) is 0 Å². The molecule has 0 bridgehead atoms. The van der Waals surface area contributed by atoms with E-state index in [9.17, 15) is 13.6 Å². The van der Waals surface area contributed by atoms with Crippen LogP contribution in [0.5, 0.6) is 0 Å². The first-order valence-electron chi connectivity index (χ1n) is 6.11. The summed E-state index contributed by atoms with van der Waals surface area (Å²) in [6.07, 6.45) is -1.58. The summed E-state index contributed by atoms with van der Waals surface area (Å²) >= 11 is 3.29. The highest BCUT2D eigenvalue weighted by molar-refractivity contribution is 9.10. The van der Waals surface area contributed by atoms with Gasteiger partial charge in [0, 0.05) is 21.7 Å². The van der Waals surface area contributed by atoms with Crippen LogP contribution >= 0.6 is 15.9 Å². The summed E-state index contributed by atoms with van der Waals surface area (Å²) in [4.78, 5) is 11.9. The highest BCUT2D eigenvalue weighted by atomic mass is 79.9. The van der Waals surface area contributed by atoms with Gasteiger partial charge in [-0.15, -0.1) is 0 Å². The number of alkyl halides is 2. The third-order valence-electron chi connectivity index (χ3n) is 2.93. The molecule has 4 nitrogen and oxygen atoms in total.